The first kappa shape index (κ1) is 21.3. The van der Waals surface area contributed by atoms with Gasteiger partial charge in [0.1, 0.15) is 17.9 Å². The molecule has 0 unspecified atom stereocenters. The van der Waals surface area contributed by atoms with Crippen LogP contribution in [0.3, 0.4) is 0 Å². The highest BCUT2D eigenvalue weighted by atomic mass is 16.5. The van der Waals surface area contributed by atoms with Gasteiger partial charge in [0, 0.05) is 44.4 Å². The van der Waals surface area contributed by atoms with E-state index in [4.69, 9.17) is 4.74 Å². The van der Waals surface area contributed by atoms with Gasteiger partial charge in [0.2, 0.25) is 5.91 Å². The zero-order chi connectivity index (χ0) is 21.7. The summed E-state index contributed by atoms with van der Waals surface area (Å²) < 4.78 is 7.14. The fraction of sp³-hybridized carbons (Fsp3) is 0.364. The zero-order valence-corrected chi connectivity index (χ0v) is 18.1. The zero-order valence-electron chi connectivity index (χ0n) is 18.1. The second-order valence-electron chi connectivity index (χ2n) is 7.28. The minimum absolute atomic E-state index is 0.00983. The highest BCUT2D eigenvalue weighted by Crippen LogP contribution is 2.20. The fourth-order valence-corrected chi connectivity index (χ4v) is 3.33. The maximum absolute atomic E-state index is 12.4. The number of ether oxygens (including phenoxy) is 1. The fourth-order valence-electron chi connectivity index (χ4n) is 3.33. The summed E-state index contributed by atoms with van der Waals surface area (Å²) in [5, 5.41) is 7.60. The Hall–Kier alpha value is -3.42. The van der Waals surface area contributed by atoms with E-state index in [1.165, 1.54) is 6.33 Å². The molecular weight excluding hydrogens is 380 g/mol. The van der Waals surface area contributed by atoms with E-state index in [0.29, 0.717) is 25.2 Å². The van der Waals surface area contributed by atoms with E-state index >= 15 is 0 Å². The molecule has 0 aliphatic heterocycles. The second-order valence-corrected chi connectivity index (χ2v) is 7.28. The van der Waals surface area contributed by atoms with E-state index in [-0.39, 0.29) is 5.91 Å². The number of nitrogens with one attached hydrogen (secondary N) is 1. The average molecular weight is 409 g/mol. The number of para-hydroxylation sites is 1. The number of amides is 1. The normalized spacial score (nSPS) is 10.7. The first-order chi connectivity index (χ1) is 14.4. The number of carbonyl (C=O) groups excluding carboxylic acids is 1. The Kier molecular flexibility index (Phi) is 6.66. The first-order valence-corrected chi connectivity index (χ1v) is 9.84. The topological polar surface area (TPSA) is 85.2 Å². The molecule has 0 aliphatic rings. The van der Waals surface area contributed by atoms with Crippen LogP contribution >= 0.6 is 0 Å². The molecule has 0 saturated heterocycles. The first-order valence-electron chi connectivity index (χ1n) is 9.84. The third-order valence-corrected chi connectivity index (χ3v) is 5.03. The molecule has 2 heterocycles. The van der Waals surface area contributed by atoms with Crippen molar-refractivity contribution < 1.29 is 9.53 Å². The molecule has 0 atom stereocenters. The van der Waals surface area contributed by atoms with Crippen LogP contribution in [0.5, 0.6) is 5.75 Å². The van der Waals surface area contributed by atoms with Gasteiger partial charge in [-0.2, -0.15) is 5.10 Å². The lowest BCUT2D eigenvalue weighted by molar-refractivity contribution is -0.121. The molecule has 0 radical (unpaired) electrons. The monoisotopic (exact) mass is 408 g/mol. The SMILES string of the molecule is COc1ccccc1CNC(=O)CCc1c(C)nn(-c2cc(N(C)C)ncn2)c1C. The standard InChI is InChI=1S/C22H28N6O2/c1-15-18(10-11-22(29)23-13-17-8-6-7-9-19(17)30-5)16(2)28(26-15)21-12-20(27(3)4)24-14-25-21/h6-9,12,14H,10-11,13H2,1-5H3,(H,23,29). The van der Waals surface area contributed by atoms with Crippen LogP contribution < -0.4 is 15.0 Å². The molecule has 3 aromatic rings. The summed E-state index contributed by atoms with van der Waals surface area (Å²) in [6.07, 6.45) is 2.53. The number of benzene rings is 1. The summed E-state index contributed by atoms with van der Waals surface area (Å²) in [6, 6.07) is 9.56. The average Bonchev–Trinajstić information content (AvgIpc) is 3.04. The summed E-state index contributed by atoms with van der Waals surface area (Å²) in [6.45, 7) is 4.40. The van der Waals surface area contributed by atoms with Gasteiger partial charge >= 0.3 is 0 Å². The van der Waals surface area contributed by atoms with Crippen LogP contribution in [0.1, 0.15) is 28.9 Å². The summed E-state index contributed by atoms with van der Waals surface area (Å²) in [5.74, 6) is 2.28. The molecule has 1 aromatic carbocycles. The van der Waals surface area contributed by atoms with Gasteiger partial charge in [-0.05, 0) is 31.9 Å². The number of hydrogen-bond acceptors (Lipinski definition) is 6. The van der Waals surface area contributed by atoms with Gasteiger partial charge in [-0.3, -0.25) is 4.79 Å². The van der Waals surface area contributed by atoms with Crippen molar-refractivity contribution >= 4 is 11.7 Å². The Labute approximate surface area is 176 Å². The number of aromatic nitrogens is 4. The van der Waals surface area contributed by atoms with E-state index in [2.05, 4.69) is 20.4 Å². The second kappa shape index (κ2) is 9.39. The Morgan fingerprint density at radius 3 is 2.70 bits per heavy atom. The maximum atomic E-state index is 12.4. The van der Waals surface area contributed by atoms with Gasteiger partial charge < -0.3 is 15.0 Å². The Morgan fingerprint density at radius 1 is 1.20 bits per heavy atom. The molecule has 0 spiro atoms. The molecule has 0 saturated carbocycles. The van der Waals surface area contributed by atoms with Crippen molar-refractivity contribution in [1.29, 1.82) is 0 Å². The summed E-state index contributed by atoms with van der Waals surface area (Å²) in [7, 11) is 5.49. The molecule has 0 aliphatic carbocycles. The van der Waals surface area contributed by atoms with Crippen molar-refractivity contribution in [3.8, 4) is 11.6 Å². The molecule has 2 aromatic heterocycles. The quantitative estimate of drug-likeness (QED) is 0.617. The van der Waals surface area contributed by atoms with Gasteiger partial charge in [0.05, 0.1) is 12.8 Å². The van der Waals surface area contributed by atoms with E-state index < -0.39 is 0 Å². The highest BCUT2D eigenvalue weighted by molar-refractivity contribution is 5.76. The summed E-state index contributed by atoms with van der Waals surface area (Å²) in [4.78, 5) is 22.9. The minimum atomic E-state index is -0.00983. The third-order valence-electron chi connectivity index (χ3n) is 5.03. The molecule has 0 fully saturated rings. The van der Waals surface area contributed by atoms with Crippen molar-refractivity contribution in [1.82, 2.24) is 25.1 Å². The number of anilines is 1. The smallest absolute Gasteiger partial charge is 0.220 e. The number of carbonyl (C=O) groups is 1. The largest absolute Gasteiger partial charge is 0.496 e. The molecule has 0 bridgehead atoms. The van der Waals surface area contributed by atoms with Crippen LogP contribution in [0.2, 0.25) is 0 Å². The molecule has 1 N–H and O–H groups in total. The number of rotatable bonds is 8. The molecule has 158 valence electrons. The van der Waals surface area contributed by atoms with Crippen molar-refractivity contribution in [3.05, 3.63) is 59.2 Å². The third kappa shape index (κ3) is 4.76. The van der Waals surface area contributed by atoms with E-state index in [1.807, 2.05) is 67.9 Å². The van der Waals surface area contributed by atoms with Crippen LogP contribution in [0.25, 0.3) is 5.82 Å². The number of nitrogens with zero attached hydrogens (tertiary/aromatic N) is 5. The Balaban J connectivity index is 1.66. The number of methoxy groups -OCH3 is 1. The Bertz CT molecular complexity index is 1030. The van der Waals surface area contributed by atoms with Crippen LogP contribution in [0, 0.1) is 13.8 Å². The van der Waals surface area contributed by atoms with Crippen molar-refractivity contribution in [2.75, 3.05) is 26.1 Å². The van der Waals surface area contributed by atoms with Gasteiger partial charge in [0.15, 0.2) is 5.82 Å². The predicted molar refractivity (Wildman–Crippen MR) is 116 cm³/mol. The maximum Gasteiger partial charge on any atom is 0.220 e. The molecule has 8 nitrogen and oxygen atoms in total. The predicted octanol–water partition coefficient (Wildman–Crippen LogP) is 2.60. The Morgan fingerprint density at radius 2 is 1.97 bits per heavy atom. The van der Waals surface area contributed by atoms with Crippen molar-refractivity contribution in [2.45, 2.75) is 33.2 Å². The molecule has 8 heteroatoms. The van der Waals surface area contributed by atoms with E-state index in [0.717, 1.165) is 34.1 Å². The lowest BCUT2D eigenvalue weighted by Gasteiger charge is -2.12. The summed E-state index contributed by atoms with van der Waals surface area (Å²) in [5.41, 5.74) is 3.89. The van der Waals surface area contributed by atoms with Crippen molar-refractivity contribution in [3.63, 3.8) is 0 Å². The lowest BCUT2D eigenvalue weighted by Crippen LogP contribution is -2.23. The highest BCUT2D eigenvalue weighted by Gasteiger charge is 2.16. The molecule has 3 rings (SSSR count). The summed E-state index contributed by atoms with van der Waals surface area (Å²) >= 11 is 0. The molecule has 30 heavy (non-hydrogen) atoms. The van der Waals surface area contributed by atoms with Gasteiger partial charge in [0.25, 0.3) is 0 Å². The molecule has 1 amide bonds. The van der Waals surface area contributed by atoms with Crippen LogP contribution in [-0.2, 0) is 17.8 Å². The van der Waals surface area contributed by atoms with Crippen molar-refractivity contribution in [2.24, 2.45) is 0 Å². The number of hydrogen-bond donors (Lipinski definition) is 1. The molecular formula is C22H28N6O2. The van der Waals surface area contributed by atoms with Crippen LogP contribution in [-0.4, -0.2) is 46.9 Å². The lowest BCUT2D eigenvalue weighted by atomic mass is 10.1. The minimum Gasteiger partial charge on any atom is -0.496 e. The van der Waals surface area contributed by atoms with Gasteiger partial charge in [-0.25, -0.2) is 14.6 Å². The van der Waals surface area contributed by atoms with Gasteiger partial charge in [-0.15, -0.1) is 0 Å². The van der Waals surface area contributed by atoms with Crippen LogP contribution in [0.4, 0.5) is 5.82 Å². The van der Waals surface area contributed by atoms with E-state index in [1.54, 1.807) is 7.11 Å². The van der Waals surface area contributed by atoms with Crippen LogP contribution in [0.15, 0.2) is 36.7 Å². The van der Waals surface area contributed by atoms with E-state index in [9.17, 15) is 4.79 Å². The number of aryl methyl sites for hydroxylation is 1. The van der Waals surface area contributed by atoms with Gasteiger partial charge in [-0.1, -0.05) is 18.2 Å².